The first kappa shape index (κ1) is 15.9. The number of hydrogen-bond donors (Lipinski definition) is 1. The van der Waals surface area contributed by atoms with E-state index in [4.69, 9.17) is 0 Å². The van der Waals surface area contributed by atoms with Crippen molar-refractivity contribution < 1.29 is 23.1 Å². The molecule has 1 rings (SSSR count). The van der Waals surface area contributed by atoms with E-state index in [0.29, 0.717) is 12.8 Å². The van der Waals surface area contributed by atoms with Crippen LogP contribution in [0.2, 0.25) is 0 Å². The molecular formula is C12H21NO5S. The molecule has 110 valence electrons. The maximum Gasteiger partial charge on any atom is 0.310 e. The molecule has 0 aromatic carbocycles. The smallest absolute Gasteiger partial charge is 0.310 e. The van der Waals surface area contributed by atoms with E-state index in [0.717, 1.165) is 12.7 Å². The van der Waals surface area contributed by atoms with Gasteiger partial charge in [-0.05, 0) is 19.8 Å². The first-order chi connectivity index (χ1) is 8.57. The molecule has 0 spiro atoms. The van der Waals surface area contributed by atoms with Crippen molar-refractivity contribution >= 4 is 21.7 Å². The largest absolute Gasteiger partial charge is 0.481 e. The standard InChI is InChI=1S/C12H21NO5S/c1-9(8-19(3,17)18)13(2)10(14)7-12(11(15)16)5-4-6-12/h9H,4-8H2,1-3H3,(H,15,16). The molecule has 1 aliphatic carbocycles. The molecule has 1 aliphatic rings. The fourth-order valence-electron chi connectivity index (χ4n) is 2.28. The molecule has 0 aromatic rings. The highest BCUT2D eigenvalue weighted by Crippen LogP contribution is 2.44. The Morgan fingerprint density at radius 1 is 1.37 bits per heavy atom. The Labute approximate surface area is 113 Å². The van der Waals surface area contributed by atoms with Gasteiger partial charge < -0.3 is 10.0 Å². The van der Waals surface area contributed by atoms with Crippen LogP contribution in [-0.2, 0) is 19.4 Å². The van der Waals surface area contributed by atoms with Crippen LogP contribution in [0.1, 0.15) is 32.6 Å². The minimum Gasteiger partial charge on any atom is -0.481 e. The van der Waals surface area contributed by atoms with Gasteiger partial charge in [0.05, 0.1) is 11.2 Å². The lowest BCUT2D eigenvalue weighted by Gasteiger charge is -2.38. The van der Waals surface area contributed by atoms with E-state index in [9.17, 15) is 23.1 Å². The van der Waals surface area contributed by atoms with E-state index in [1.807, 2.05) is 0 Å². The lowest BCUT2D eigenvalue weighted by atomic mass is 9.66. The Bertz CT molecular complexity index is 467. The van der Waals surface area contributed by atoms with Crippen LogP contribution in [0.4, 0.5) is 0 Å². The van der Waals surface area contributed by atoms with Crippen LogP contribution < -0.4 is 0 Å². The molecule has 1 atom stereocenters. The third-order valence-electron chi connectivity index (χ3n) is 3.85. The number of carboxylic acids is 1. The van der Waals surface area contributed by atoms with Crippen molar-refractivity contribution in [3.05, 3.63) is 0 Å². The molecule has 1 N–H and O–H groups in total. The summed E-state index contributed by atoms with van der Waals surface area (Å²) >= 11 is 0. The zero-order valence-corrected chi connectivity index (χ0v) is 12.4. The Morgan fingerprint density at radius 2 is 1.89 bits per heavy atom. The molecule has 7 heteroatoms. The van der Waals surface area contributed by atoms with Gasteiger partial charge in [0, 0.05) is 25.8 Å². The van der Waals surface area contributed by atoms with Gasteiger partial charge in [0.1, 0.15) is 9.84 Å². The van der Waals surface area contributed by atoms with Gasteiger partial charge in [-0.2, -0.15) is 0 Å². The quantitative estimate of drug-likeness (QED) is 0.770. The summed E-state index contributed by atoms with van der Waals surface area (Å²) < 4.78 is 22.4. The third kappa shape index (κ3) is 3.92. The van der Waals surface area contributed by atoms with Crippen molar-refractivity contribution in [3.63, 3.8) is 0 Å². The summed E-state index contributed by atoms with van der Waals surface area (Å²) in [6.45, 7) is 1.65. The van der Waals surface area contributed by atoms with Gasteiger partial charge in [-0.3, -0.25) is 9.59 Å². The van der Waals surface area contributed by atoms with Crippen LogP contribution in [0.3, 0.4) is 0 Å². The lowest BCUT2D eigenvalue weighted by molar-refractivity contribution is -0.159. The fourth-order valence-corrected chi connectivity index (χ4v) is 3.38. The number of nitrogens with zero attached hydrogens (tertiary/aromatic N) is 1. The monoisotopic (exact) mass is 291 g/mol. The Hall–Kier alpha value is -1.11. The second-order valence-electron chi connectivity index (χ2n) is 5.56. The zero-order chi connectivity index (χ0) is 14.8. The maximum absolute atomic E-state index is 12.1. The van der Waals surface area contributed by atoms with Crippen LogP contribution in [0.25, 0.3) is 0 Å². The van der Waals surface area contributed by atoms with Crippen LogP contribution in [0, 0.1) is 5.41 Å². The summed E-state index contributed by atoms with van der Waals surface area (Å²) in [5.41, 5.74) is -0.934. The van der Waals surface area contributed by atoms with Crippen molar-refractivity contribution in [2.45, 2.75) is 38.6 Å². The van der Waals surface area contributed by atoms with Crippen molar-refractivity contribution in [1.82, 2.24) is 4.90 Å². The second-order valence-corrected chi connectivity index (χ2v) is 7.75. The van der Waals surface area contributed by atoms with E-state index in [-0.39, 0.29) is 18.1 Å². The summed E-state index contributed by atoms with van der Waals surface area (Å²) in [7, 11) is -1.64. The average Bonchev–Trinajstić information content (AvgIpc) is 2.18. The fraction of sp³-hybridized carbons (Fsp3) is 0.833. The minimum absolute atomic E-state index is 0.0487. The predicted octanol–water partition coefficient (Wildman–Crippen LogP) is 0.523. The average molecular weight is 291 g/mol. The summed E-state index contributed by atoms with van der Waals surface area (Å²) in [6, 6.07) is -0.451. The van der Waals surface area contributed by atoms with Crippen LogP contribution in [0.15, 0.2) is 0 Å². The molecular weight excluding hydrogens is 270 g/mol. The SMILES string of the molecule is CC(CS(C)(=O)=O)N(C)C(=O)CC1(C(=O)O)CCC1. The highest BCUT2D eigenvalue weighted by atomic mass is 32.2. The van der Waals surface area contributed by atoms with Gasteiger partial charge >= 0.3 is 5.97 Å². The van der Waals surface area contributed by atoms with E-state index >= 15 is 0 Å². The Morgan fingerprint density at radius 3 is 2.21 bits per heavy atom. The number of rotatable bonds is 6. The molecule has 0 saturated heterocycles. The van der Waals surface area contributed by atoms with Crippen LogP contribution >= 0.6 is 0 Å². The topological polar surface area (TPSA) is 91.8 Å². The van der Waals surface area contributed by atoms with E-state index in [2.05, 4.69) is 0 Å². The number of aliphatic carboxylic acids is 1. The van der Waals surface area contributed by atoms with Crippen molar-refractivity contribution in [3.8, 4) is 0 Å². The molecule has 19 heavy (non-hydrogen) atoms. The summed E-state index contributed by atoms with van der Waals surface area (Å²) in [6.07, 6.45) is 2.92. The number of hydrogen-bond acceptors (Lipinski definition) is 4. The lowest BCUT2D eigenvalue weighted by Crippen LogP contribution is -2.46. The zero-order valence-electron chi connectivity index (χ0n) is 11.5. The molecule has 1 saturated carbocycles. The molecule has 1 amide bonds. The maximum atomic E-state index is 12.1. The first-order valence-electron chi connectivity index (χ1n) is 6.24. The van der Waals surface area contributed by atoms with Crippen molar-refractivity contribution in [2.75, 3.05) is 19.1 Å². The first-order valence-corrected chi connectivity index (χ1v) is 8.30. The second kappa shape index (κ2) is 5.48. The number of carbonyl (C=O) groups is 2. The molecule has 0 aromatic heterocycles. The van der Waals surface area contributed by atoms with Gasteiger partial charge in [-0.25, -0.2) is 8.42 Å². The highest BCUT2D eigenvalue weighted by Gasteiger charge is 2.46. The third-order valence-corrected chi connectivity index (χ3v) is 4.94. The number of carbonyl (C=O) groups excluding carboxylic acids is 1. The normalized spacial score (nSPS) is 19.3. The van der Waals surface area contributed by atoms with Gasteiger partial charge in [0.15, 0.2) is 0 Å². The van der Waals surface area contributed by atoms with E-state index < -0.39 is 27.3 Å². The molecule has 0 bridgehead atoms. The molecule has 0 radical (unpaired) electrons. The van der Waals surface area contributed by atoms with Crippen LogP contribution in [0.5, 0.6) is 0 Å². The highest BCUT2D eigenvalue weighted by molar-refractivity contribution is 7.90. The summed E-state index contributed by atoms with van der Waals surface area (Å²) in [5.74, 6) is -1.36. The number of sulfone groups is 1. The molecule has 1 unspecified atom stereocenters. The van der Waals surface area contributed by atoms with Crippen molar-refractivity contribution in [2.24, 2.45) is 5.41 Å². The van der Waals surface area contributed by atoms with Gasteiger partial charge in [-0.15, -0.1) is 0 Å². The van der Waals surface area contributed by atoms with Gasteiger partial charge in [0.25, 0.3) is 0 Å². The van der Waals surface area contributed by atoms with Gasteiger partial charge in [-0.1, -0.05) is 6.42 Å². The van der Waals surface area contributed by atoms with Crippen LogP contribution in [-0.4, -0.2) is 55.4 Å². The summed E-state index contributed by atoms with van der Waals surface area (Å²) in [4.78, 5) is 24.6. The predicted molar refractivity (Wildman–Crippen MR) is 70.5 cm³/mol. The number of amides is 1. The van der Waals surface area contributed by atoms with Gasteiger partial charge in [0.2, 0.25) is 5.91 Å². The molecule has 0 aliphatic heterocycles. The number of carboxylic acid groups (broad SMARTS) is 1. The minimum atomic E-state index is -3.16. The molecule has 1 fully saturated rings. The van der Waals surface area contributed by atoms with Crippen molar-refractivity contribution in [1.29, 1.82) is 0 Å². The summed E-state index contributed by atoms with van der Waals surface area (Å²) in [5, 5.41) is 9.17. The van der Waals surface area contributed by atoms with E-state index in [1.165, 1.54) is 11.9 Å². The van der Waals surface area contributed by atoms with E-state index in [1.54, 1.807) is 6.92 Å². The Kier molecular flexibility index (Phi) is 4.60. The molecule has 0 heterocycles. The Balaban J connectivity index is 2.65. The molecule has 6 nitrogen and oxygen atoms in total.